The number of hydrogen-bond acceptors (Lipinski definition) is 2. The topological polar surface area (TPSA) is 58.2 Å². The van der Waals surface area contributed by atoms with Crippen LogP contribution in [0.4, 0.5) is 18.9 Å². The van der Waals surface area contributed by atoms with Crippen molar-refractivity contribution >= 4 is 39.5 Å². The van der Waals surface area contributed by atoms with Crippen molar-refractivity contribution in [2.45, 2.75) is 12.7 Å². The third-order valence-electron chi connectivity index (χ3n) is 3.30. The van der Waals surface area contributed by atoms with Gasteiger partial charge in [-0.1, -0.05) is 52.3 Å². The summed E-state index contributed by atoms with van der Waals surface area (Å²) in [7, 11) is 0. The molecule has 2 aromatic carbocycles. The molecular weight excluding hydrogens is 413 g/mol. The summed E-state index contributed by atoms with van der Waals surface area (Å²) >= 11 is 3.36. The second-order valence-corrected chi connectivity index (χ2v) is 6.04. The largest absolute Gasteiger partial charge is 0.471 e. The zero-order valence-corrected chi connectivity index (χ0v) is 14.9. The minimum Gasteiger partial charge on any atom is -0.348 e. The van der Waals surface area contributed by atoms with Crippen LogP contribution in [0.3, 0.4) is 0 Å². The predicted molar refractivity (Wildman–Crippen MR) is 96.1 cm³/mol. The Morgan fingerprint density at radius 3 is 2.38 bits per heavy atom. The Labute approximate surface area is 156 Å². The molecule has 2 rings (SSSR count). The van der Waals surface area contributed by atoms with E-state index in [2.05, 4.69) is 21.2 Å². The maximum absolute atomic E-state index is 12.4. The molecule has 0 spiro atoms. The minimum absolute atomic E-state index is 0.00934. The molecule has 0 fully saturated rings. The zero-order valence-electron chi connectivity index (χ0n) is 13.3. The standard InChI is InChI=1S/C18H14BrF3N2O2/c19-14-7-3-1-5-12(14)9-10-16(25)23-11-13-6-2-4-8-15(13)24-17(26)18(20,21)22/h1-10H,11H2,(H,23,25)(H,24,26)/b10-9+. The van der Waals surface area contributed by atoms with Crippen LogP contribution in [0, 0.1) is 0 Å². The van der Waals surface area contributed by atoms with E-state index < -0.39 is 18.0 Å². The number of amides is 2. The second kappa shape index (κ2) is 8.66. The quantitative estimate of drug-likeness (QED) is 0.701. The fourth-order valence-electron chi connectivity index (χ4n) is 2.01. The molecule has 26 heavy (non-hydrogen) atoms. The van der Waals surface area contributed by atoms with Crippen molar-refractivity contribution in [3.05, 3.63) is 70.2 Å². The number of nitrogens with one attached hydrogen (secondary N) is 2. The number of para-hydroxylation sites is 1. The van der Waals surface area contributed by atoms with Gasteiger partial charge in [0.25, 0.3) is 0 Å². The molecule has 2 amide bonds. The van der Waals surface area contributed by atoms with Crippen molar-refractivity contribution in [1.29, 1.82) is 0 Å². The Kier molecular flexibility index (Phi) is 6.57. The van der Waals surface area contributed by atoms with Gasteiger partial charge in [-0.3, -0.25) is 9.59 Å². The first-order chi connectivity index (χ1) is 12.3. The zero-order chi connectivity index (χ0) is 19.2. The summed E-state index contributed by atoms with van der Waals surface area (Å²) < 4.78 is 38.0. The van der Waals surface area contributed by atoms with Gasteiger partial charge in [-0.2, -0.15) is 13.2 Å². The fraction of sp³-hybridized carbons (Fsp3) is 0.111. The van der Waals surface area contributed by atoms with Gasteiger partial charge >= 0.3 is 12.1 Å². The van der Waals surface area contributed by atoms with Crippen molar-refractivity contribution in [2.24, 2.45) is 0 Å². The van der Waals surface area contributed by atoms with E-state index in [1.807, 2.05) is 24.3 Å². The highest BCUT2D eigenvalue weighted by Crippen LogP contribution is 2.21. The fourth-order valence-corrected chi connectivity index (χ4v) is 2.42. The number of benzene rings is 2. The van der Waals surface area contributed by atoms with E-state index >= 15 is 0 Å². The first kappa shape index (κ1) is 19.7. The normalized spacial score (nSPS) is 11.4. The van der Waals surface area contributed by atoms with E-state index in [0.29, 0.717) is 5.56 Å². The van der Waals surface area contributed by atoms with Gasteiger partial charge in [-0.25, -0.2) is 0 Å². The van der Waals surface area contributed by atoms with Crippen LogP contribution >= 0.6 is 15.9 Å². The first-order valence-electron chi connectivity index (χ1n) is 7.44. The van der Waals surface area contributed by atoms with Gasteiger partial charge < -0.3 is 10.6 Å². The van der Waals surface area contributed by atoms with Crippen molar-refractivity contribution in [1.82, 2.24) is 5.32 Å². The van der Waals surface area contributed by atoms with Gasteiger partial charge in [0.1, 0.15) is 0 Å². The van der Waals surface area contributed by atoms with Crippen molar-refractivity contribution in [3.8, 4) is 0 Å². The number of hydrogen-bond donors (Lipinski definition) is 2. The molecule has 4 nitrogen and oxygen atoms in total. The average molecular weight is 427 g/mol. The molecule has 0 saturated heterocycles. The van der Waals surface area contributed by atoms with Gasteiger partial charge in [-0.15, -0.1) is 0 Å². The monoisotopic (exact) mass is 426 g/mol. The summed E-state index contributed by atoms with van der Waals surface area (Å²) in [4.78, 5) is 23.0. The lowest BCUT2D eigenvalue weighted by molar-refractivity contribution is -0.167. The Morgan fingerprint density at radius 2 is 1.69 bits per heavy atom. The summed E-state index contributed by atoms with van der Waals surface area (Å²) in [5.74, 6) is -2.48. The van der Waals surface area contributed by atoms with Gasteiger partial charge in [0.05, 0.1) is 0 Å². The highest BCUT2D eigenvalue weighted by Gasteiger charge is 2.38. The summed E-state index contributed by atoms with van der Waals surface area (Å²) in [5.41, 5.74) is 1.15. The van der Waals surface area contributed by atoms with Gasteiger partial charge in [0, 0.05) is 22.8 Å². The van der Waals surface area contributed by atoms with Crippen LogP contribution in [0.5, 0.6) is 0 Å². The minimum atomic E-state index is -4.98. The van der Waals surface area contributed by atoms with E-state index in [9.17, 15) is 22.8 Å². The molecule has 0 aliphatic heterocycles. The van der Waals surface area contributed by atoms with Crippen LogP contribution in [0.2, 0.25) is 0 Å². The lowest BCUT2D eigenvalue weighted by Crippen LogP contribution is -2.30. The molecular formula is C18H14BrF3N2O2. The Bertz CT molecular complexity index is 835. The van der Waals surface area contributed by atoms with Crippen molar-refractivity contribution in [2.75, 3.05) is 5.32 Å². The van der Waals surface area contributed by atoms with E-state index in [4.69, 9.17) is 0 Å². The molecule has 2 aromatic rings. The van der Waals surface area contributed by atoms with E-state index in [0.717, 1.165) is 10.0 Å². The van der Waals surface area contributed by atoms with Crippen molar-refractivity contribution in [3.63, 3.8) is 0 Å². The Hall–Kier alpha value is -2.61. The molecule has 0 aromatic heterocycles. The van der Waals surface area contributed by atoms with Crippen molar-refractivity contribution < 1.29 is 22.8 Å². The molecule has 0 bridgehead atoms. The molecule has 0 aliphatic carbocycles. The summed E-state index contributed by atoms with van der Waals surface area (Å²) in [6, 6.07) is 13.3. The Morgan fingerprint density at radius 1 is 1.04 bits per heavy atom. The lowest BCUT2D eigenvalue weighted by atomic mass is 10.1. The first-order valence-corrected chi connectivity index (χ1v) is 8.23. The lowest BCUT2D eigenvalue weighted by Gasteiger charge is -2.12. The maximum Gasteiger partial charge on any atom is 0.471 e. The van der Waals surface area contributed by atoms with Crippen LogP contribution in [0.15, 0.2) is 59.1 Å². The summed E-state index contributed by atoms with van der Waals surface area (Å²) in [5, 5.41) is 4.37. The number of carbonyl (C=O) groups excluding carboxylic acids is 2. The summed E-state index contributed by atoms with van der Waals surface area (Å²) in [6.07, 6.45) is -2.06. The molecule has 0 radical (unpaired) electrons. The molecule has 8 heteroatoms. The van der Waals surface area contributed by atoms with Crippen LogP contribution in [0.1, 0.15) is 11.1 Å². The van der Waals surface area contributed by atoms with Crippen LogP contribution < -0.4 is 10.6 Å². The van der Waals surface area contributed by atoms with Crippen LogP contribution in [-0.4, -0.2) is 18.0 Å². The van der Waals surface area contributed by atoms with E-state index in [1.54, 1.807) is 17.5 Å². The molecule has 2 N–H and O–H groups in total. The van der Waals surface area contributed by atoms with Crippen LogP contribution in [-0.2, 0) is 16.1 Å². The van der Waals surface area contributed by atoms with Gasteiger partial charge in [0.15, 0.2) is 0 Å². The molecule has 0 aliphatic rings. The molecule has 0 atom stereocenters. The number of halogens is 4. The smallest absolute Gasteiger partial charge is 0.348 e. The SMILES string of the molecule is O=C(/C=C/c1ccccc1Br)NCc1ccccc1NC(=O)C(F)(F)F. The Balaban J connectivity index is 2.00. The van der Waals surface area contributed by atoms with Crippen LogP contribution in [0.25, 0.3) is 6.08 Å². The van der Waals surface area contributed by atoms with Gasteiger partial charge in [0.2, 0.25) is 5.91 Å². The average Bonchev–Trinajstić information content (AvgIpc) is 2.59. The highest BCUT2D eigenvalue weighted by molar-refractivity contribution is 9.10. The molecule has 0 unspecified atom stereocenters. The number of alkyl halides is 3. The van der Waals surface area contributed by atoms with E-state index in [1.165, 1.54) is 24.3 Å². The molecule has 0 heterocycles. The summed E-state index contributed by atoms with van der Waals surface area (Å²) in [6.45, 7) is -0.0343. The molecule has 136 valence electrons. The maximum atomic E-state index is 12.4. The molecule has 0 saturated carbocycles. The van der Waals surface area contributed by atoms with E-state index in [-0.39, 0.29) is 12.2 Å². The highest BCUT2D eigenvalue weighted by atomic mass is 79.9. The third kappa shape index (κ3) is 5.73. The van der Waals surface area contributed by atoms with Gasteiger partial charge in [-0.05, 0) is 29.3 Å². The number of carbonyl (C=O) groups is 2. The second-order valence-electron chi connectivity index (χ2n) is 5.18. The number of anilines is 1. The third-order valence-corrected chi connectivity index (χ3v) is 4.02. The predicted octanol–water partition coefficient (Wildman–Crippen LogP) is 4.28. The number of rotatable bonds is 5.